The summed E-state index contributed by atoms with van der Waals surface area (Å²) >= 11 is 12.1. The predicted molar refractivity (Wildman–Crippen MR) is 107 cm³/mol. The van der Waals surface area contributed by atoms with Gasteiger partial charge in [-0.25, -0.2) is 4.68 Å². The summed E-state index contributed by atoms with van der Waals surface area (Å²) < 4.78 is 40.1. The van der Waals surface area contributed by atoms with Crippen LogP contribution < -0.4 is 5.32 Å². The fourth-order valence-electron chi connectivity index (χ4n) is 2.72. The maximum Gasteiger partial charge on any atom is 0.416 e. The van der Waals surface area contributed by atoms with Gasteiger partial charge in [-0.3, -0.25) is 14.9 Å². The van der Waals surface area contributed by atoms with E-state index in [1.54, 1.807) is 27.7 Å². The highest BCUT2D eigenvalue weighted by Gasteiger charge is 2.38. The van der Waals surface area contributed by atoms with Crippen molar-refractivity contribution in [3.05, 3.63) is 43.5 Å². The second kappa shape index (κ2) is 8.43. The SMILES string of the molecule is CCCC(=O)Nc1c([N+](=O)[O-])c(C(C)(C)C)nn1-c1c(Cl)cc(C(F)(F)F)cc1Cl. The third-order valence-electron chi connectivity index (χ3n) is 4.04. The fourth-order valence-corrected chi connectivity index (χ4v) is 3.36. The van der Waals surface area contributed by atoms with Crippen LogP contribution in [0.1, 0.15) is 51.8 Å². The van der Waals surface area contributed by atoms with Gasteiger partial charge in [0.15, 0.2) is 0 Å². The van der Waals surface area contributed by atoms with Crippen LogP contribution in [-0.2, 0) is 16.4 Å². The highest BCUT2D eigenvalue weighted by Crippen LogP contribution is 2.42. The lowest BCUT2D eigenvalue weighted by Gasteiger charge is -2.15. The molecule has 0 unspecified atom stereocenters. The summed E-state index contributed by atoms with van der Waals surface area (Å²) in [6.07, 6.45) is -4.15. The standard InChI is InChI=1S/C18H19Cl2F3N4O3/c1-5-6-12(28)24-16-14(27(29)30)15(17(2,3)4)25-26(16)13-10(19)7-9(8-11(13)20)18(21,22)23/h7-8H,5-6H2,1-4H3,(H,24,28). The van der Waals surface area contributed by atoms with E-state index in [1.165, 1.54) is 0 Å². The molecule has 0 aliphatic carbocycles. The Labute approximate surface area is 180 Å². The number of hydrogen-bond acceptors (Lipinski definition) is 4. The van der Waals surface area contributed by atoms with Crippen LogP contribution in [0.15, 0.2) is 12.1 Å². The molecule has 1 N–H and O–H groups in total. The number of alkyl halides is 3. The molecular formula is C18H19Cl2F3N4O3. The lowest BCUT2D eigenvalue weighted by molar-refractivity contribution is -0.385. The highest BCUT2D eigenvalue weighted by molar-refractivity contribution is 6.38. The third kappa shape index (κ3) is 4.86. The first-order chi connectivity index (χ1) is 13.7. The Balaban J connectivity index is 2.85. The van der Waals surface area contributed by atoms with Gasteiger partial charge in [0, 0.05) is 11.8 Å². The normalized spacial score (nSPS) is 12.2. The largest absolute Gasteiger partial charge is 0.416 e. The second-order valence-electron chi connectivity index (χ2n) is 7.55. The number of rotatable bonds is 5. The Kier molecular flexibility index (Phi) is 6.72. The van der Waals surface area contributed by atoms with Gasteiger partial charge in [-0.15, -0.1) is 0 Å². The number of nitrogens with zero attached hydrogens (tertiary/aromatic N) is 3. The zero-order valence-electron chi connectivity index (χ0n) is 16.5. The summed E-state index contributed by atoms with van der Waals surface area (Å²) in [7, 11) is 0. The number of nitrogens with one attached hydrogen (secondary N) is 1. The average molecular weight is 467 g/mol. The predicted octanol–water partition coefficient (Wildman–Crippen LogP) is 6.14. The van der Waals surface area contributed by atoms with E-state index in [-0.39, 0.29) is 23.6 Å². The van der Waals surface area contributed by atoms with Gasteiger partial charge in [0.1, 0.15) is 11.4 Å². The van der Waals surface area contributed by atoms with Gasteiger partial charge in [0.05, 0.1) is 20.5 Å². The molecule has 1 amide bonds. The Morgan fingerprint density at radius 3 is 2.17 bits per heavy atom. The Bertz CT molecular complexity index is 975. The molecule has 0 atom stereocenters. The molecule has 7 nitrogen and oxygen atoms in total. The third-order valence-corrected chi connectivity index (χ3v) is 4.62. The number of carbonyl (C=O) groups is 1. The van der Waals surface area contributed by atoms with E-state index in [0.717, 1.165) is 4.68 Å². The van der Waals surface area contributed by atoms with E-state index in [9.17, 15) is 28.1 Å². The number of amides is 1. The highest BCUT2D eigenvalue weighted by atomic mass is 35.5. The summed E-state index contributed by atoms with van der Waals surface area (Å²) in [6.45, 7) is 6.75. The molecule has 0 aliphatic heterocycles. The number of anilines is 1. The van der Waals surface area contributed by atoms with Crippen LogP contribution in [0.3, 0.4) is 0 Å². The maximum atomic E-state index is 13.1. The molecule has 0 fully saturated rings. The first-order valence-corrected chi connectivity index (χ1v) is 9.58. The van der Waals surface area contributed by atoms with E-state index in [2.05, 4.69) is 10.4 Å². The summed E-state index contributed by atoms with van der Waals surface area (Å²) in [4.78, 5) is 23.3. The van der Waals surface area contributed by atoms with Crippen molar-refractivity contribution in [3.8, 4) is 5.69 Å². The number of nitro groups is 1. The number of carbonyl (C=O) groups excluding carboxylic acids is 1. The molecule has 2 aromatic rings. The molecule has 1 heterocycles. The van der Waals surface area contributed by atoms with Crippen molar-refractivity contribution < 1.29 is 22.9 Å². The number of hydrogen-bond donors (Lipinski definition) is 1. The van der Waals surface area contributed by atoms with Crippen LogP contribution in [0.5, 0.6) is 0 Å². The molecule has 0 radical (unpaired) electrons. The molecule has 30 heavy (non-hydrogen) atoms. The molecule has 1 aromatic heterocycles. The van der Waals surface area contributed by atoms with Gasteiger partial charge in [-0.1, -0.05) is 50.9 Å². The van der Waals surface area contributed by atoms with Crippen molar-refractivity contribution in [3.63, 3.8) is 0 Å². The average Bonchev–Trinajstić information content (AvgIpc) is 2.93. The first-order valence-electron chi connectivity index (χ1n) is 8.82. The molecule has 0 saturated heterocycles. The quantitative estimate of drug-likeness (QED) is 0.422. The van der Waals surface area contributed by atoms with Gasteiger partial charge in [0.25, 0.3) is 0 Å². The minimum absolute atomic E-state index is 0.00586. The number of benzene rings is 1. The fraction of sp³-hybridized carbons (Fsp3) is 0.444. The number of halogens is 5. The lowest BCUT2D eigenvalue weighted by Crippen LogP contribution is -2.16. The molecule has 0 bridgehead atoms. The Morgan fingerprint density at radius 2 is 1.77 bits per heavy atom. The minimum atomic E-state index is -4.70. The smallest absolute Gasteiger partial charge is 0.305 e. The second-order valence-corrected chi connectivity index (χ2v) is 8.36. The van der Waals surface area contributed by atoms with Crippen molar-refractivity contribution in [1.82, 2.24) is 9.78 Å². The maximum absolute atomic E-state index is 13.1. The Hall–Kier alpha value is -2.33. The number of aromatic nitrogens is 2. The van der Waals surface area contributed by atoms with Gasteiger partial charge in [-0.05, 0) is 18.6 Å². The minimum Gasteiger partial charge on any atom is -0.305 e. The lowest BCUT2D eigenvalue weighted by atomic mass is 9.91. The van der Waals surface area contributed by atoms with Gasteiger partial charge in [0.2, 0.25) is 11.7 Å². The topological polar surface area (TPSA) is 90.1 Å². The zero-order valence-corrected chi connectivity index (χ0v) is 18.0. The van der Waals surface area contributed by atoms with Crippen molar-refractivity contribution in [2.75, 3.05) is 5.32 Å². The van der Waals surface area contributed by atoms with E-state index in [0.29, 0.717) is 18.6 Å². The van der Waals surface area contributed by atoms with Crippen LogP contribution in [0, 0.1) is 10.1 Å². The van der Waals surface area contributed by atoms with Crippen LogP contribution in [0.4, 0.5) is 24.7 Å². The van der Waals surface area contributed by atoms with Gasteiger partial charge >= 0.3 is 11.9 Å². The monoisotopic (exact) mass is 466 g/mol. The van der Waals surface area contributed by atoms with Gasteiger partial charge in [-0.2, -0.15) is 18.3 Å². The van der Waals surface area contributed by atoms with E-state index in [4.69, 9.17) is 23.2 Å². The molecule has 0 saturated carbocycles. The van der Waals surface area contributed by atoms with Crippen LogP contribution in [-0.4, -0.2) is 20.6 Å². The Morgan fingerprint density at radius 1 is 1.23 bits per heavy atom. The molecular weight excluding hydrogens is 448 g/mol. The molecule has 12 heteroatoms. The van der Waals surface area contributed by atoms with Crippen molar-refractivity contribution in [2.45, 2.75) is 52.1 Å². The van der Waals surface area contributed by atoms with Crippen LogP contribution >= 0.6 is 23.2 Å². The van der Waals surface area contributed by atoms with Crippen molar-refractivity contribution in [1.29, 1.82) is 0 Å². The summed E-state index contributed by atoms with van der Waals surface area (Å²) in [5.74, 6) is -0.853. The van der Waals surface area contributed by atoms with Crippen molar-refractivity contribution >= 4 is 40.6 Å². The summed E-state index contributed by atoms with van der Waals surface area (Å²) in [5.41, 5.74) is -2.61. The molecule has 0 aliphatic rings. The van der Waals surface area contributed by atoms with E-state index >= 15 is 0 Å². The summed E-state index contributed by atoms with van der Waals surface area (Å²) in [5, 5.41) is 17.6. The van der Waals surface area contributed by atoms with E-state index < -0.39 is 43.7 Å². The molecule has 1 aromatic carbocycles. The molecule has 2 rings (SSSR count). The summed E-state index contributed by atoms with van der Waals surface area (Å²) in [6, 6.07) is 1.29. The zero-order chi connectivity index (χ0) is 23.0. The molecule has 0 spiro atoms. The van der Waals surface area contributed by atoms with Crippen molar-refractivity contribution in [2.24, 2.45) is 0 Å². The van der Waals surface area contributed by atoms with Crippen LogP contribution in [0.25, 0.3) is 5.69 Å². The van der Waals surface area contributed by atoms with Crippen LogP contribution in [0.2, 0.25) is 10.0 Å². The van der Waals surface area contributed by atoms with Gasteiger partial charge < -0.3 is 5.32 Å². The first kappa shape index (κ1) is 23.9. The molecule has 164 valence electrons. The van der Waals surface area contributed by atoms with E-state index in [1.807, 2.05) is 0 Å².